The number of fused-ring (bicyclic) bond motifs is 1. The van der Waals surface area contributed by atoms with Crippen molar-refractivity contribution < 1.29 is 23.5 Å². The maximum Gasteiger partial charge on any atom is 0.341 e. The highest BCUT2D eigenvalue weighted by Gasteiger charge is 2.37. The summed E-state index contributed by atoms with van der Waals surface area (Å²) in [5, 5.41) is 0.620. The van der Waals surface area contributed by atoms with Gasteiger partial charge in [-0.3, -0.25) is 9.59 Å². The van der Waals surface area contributed by atoms with Crippen molar-refractivity contribution in [1.82, 2.24) is 0 Å². The van der Waals surface area contributed by atoms with Crippen LogP contribution in [0.1, 0.15) is 30.9 Å². The molecule has 6 nitrogen and oxygen atoms in total. The van der Waals surface area contributed by atoms with Gasteiger partial charge in [-0.2, -0.15) is 0 Å². The monoisotopic (exact) mass is 394 g/mol. The van der Waals surface area contributed by atoms with Gasteiger partial charge in [-0.1, -0.05) is 42.5 Å². The normalized spacial score (nSPS) is 10.9. The van der Waals surface area contributed by atoms with Gasteiger partial charge in [-0.15, -0.1) is 0 Å². The first-order valence-electron chi connectivity index (χ1n) is 9.44. The molecule has 150 valence electrons. The Morgan fingerprint density at radius 1 is 0.966 bits per heavy atom. The number of hydrogen-bond donors (Lipinski definition) is 0. The number of hydrogen-bond acceptors (Lipinski definition) is 6. The first-order valence-corrected chi connectivity index (χ1v) is 9.44. The van der Waals surface area contributed by atoms with Crippen LogP contribution in [0.15, 0.2) is 57.7 Å². The van der Waals surface area contributed by atoms with E-state index in [1.54, 1.807) is 19.9 Å². The van der Waals surface area contributed by atoms with E-state index in [1.807, 2.05) is 49.4 Å². The molecule has 6 heteroatoms. The molecular formula is C23H22O6. The minimum atomic E-state index is -1.54. The molecular weight excluding hydrogens is 372 g/mol. The van der Waals surface area contributed by atoms with Gasteiger partial charge in [0.1, 0.15) is 5.58 Å². The van der Waals surface area contributed by atoms with E-state index < -0.39 is 23.5 Å². The molecule has 0 aliphatic carbocycles. The first-order chi connectivity index (χ1) is 14.0. The third-order valence-electron chi connectivity index (χ3n) is 4.49. The summed E-state index contributed by atoms with van der Waals surface area (Å²) in [6.07, 6.45) is 0. The van der Waals surface area contributed by atoms with Crippen LogP contribution in [-0.4, -0.2) is 25.2 Å². The van der Waals surface area contributed by atoms with E-state index in [0.29, 0.717) is 22.1 Å². The first kappa shape index (κ1) is 20.3. The average Bonchev–Trinajstić information content (AvgIpc) is 2.69. The summed E-state index contributed by atoms with van der Waals surface area (Å²) in [5.41, 5.74) is 1.59. The fourth-order valence-electron chi connectivity index (χ4n) is 3.28. The van der Waals surface area contributed by atoms with Crippen LogP contribution in [0.3, 0.4) is 0 Å². The van der Waals surface area contributed by atoms with Crippen molar-refractivity contribution in [3.8, 4) is 11.1 Å². The van der Waals surface area contributed by atoms with Gasteiger partial charge in [0, 0.05) is 10.9 Å². The van der Waals surface area contributed by atoms with Crippen LogP contribution in [0.5, 0.6) is 0 Å². The number of aryl methyl sites for hydroxylation is 1. The predicted molar refractivity (Wildman–Crippen MR) is 109 cm³/mol. The average molecular weight is 394 g/mol. The Hall–Kier alpha value is -3.41. The SMILES string of the molecule is CCOC(=O)C(C(=O)OCC)c1c(-c2ccccc2)c2ccc(C)cc2oc1=O. The van der Waals surface area contributed by atoms with Crippen molar-refractivity contribution in [3.05, 3.63) is 70.1 Å². The highest BCUT2D eigenvalue weighted by molar-refractivity contribution is 6.05. The van der Waals surface area contributed by atoms with E-state index in [1.165, 1.54) is 0 Å². The van der Waals surface area contributed by atoms with Gasteiger partial charge in [0.05, 0.1) is 18.8 Å². The molecule has 1 aromatic heterocycles. The largest absolute Gasteiger partial charge is 0.465 e. The fourth-order valence-corrected chi connectivity index (χ4v) is 3.28. The Kier molecular flexibility index (Phi) is 6.12. The molecule has 3 rings (SSSR count). The van der Waals surface area contributed by atoms with Gasteiger partial charge in [-0.05, 0) is 38.0 Å². The lowest BCUT2D eigenvalue weighted by Crippen LogP contribution is -2.31. The van der Waals surface area contributed by atoms with Crippen molar-refractivity contribution in [1.29, 1.82) is 0 Å². The van der Waals surface area contributed by atoms with E-state index in [-0.39, 0.29) is 18.8 Å². The Morgan fingerprint density at radius 2 is 1.59 bits per heavy atom. The lowest BCUT2D eigenvalue weighted by molar-refractivity contribution is -0.157. The molecule has 0 aliphatic heterocycles. The third kappa shape index (κ3) is 4.06. The van der Waals surface area contributed by atoms with E-state index in [9.17, 15) is 14.4 Å². The number of rotatable bonds is 6. The summed E-state index contributed by atoms with van der Waals surface area (Å²) < 4.78 is 15.7. The number of ether oxygens (including phenoxy) is 2. The molecule has 0 amide bonds. The second-order valence-electron chi connectivity index (χ2n) is 6.48. The Labute approximate surface area is 168 Å². The minimum absolute atomic E-state index is 0.0630. The molecule has 2 aromatic carbocycles. The lowest BCUT2D eigenvalue weighted by atomic mass is 9.89. The van der Waals surface area contributed by atoms with E-state index in [0.717, 1.165) is 5.56 Å². The summed E-state index contributed by atoms with van der Waals surface area (Å²) in [6.45, 7) is 5.27. The second-order valence-corrected chi connectivity index (χ2v) is 6.48. The van der Waals surface area contributed by atoms with E-state index in [2.05, 4.69) is 0 Å². The van der Waals surface area contributed by atoms with Crippen LogP contribution < -0.4 is 5.63 Å². The predicted octanol–water partition coefficient (Wildman–Crippen LogP) is 3.98. The quantitative estimate of drug-likeness (QED) is 0.357. The highest BCUT2D eigenvalue weighted by atomic mass is 16.6. The van der Waals surface area contributed by atoms with Crippen molar-refractivity contribution >= 4 is 22.9 Å². The molecule has 1 heterocycles. The van der Waals surface area contributed by atoms with Crippen LogP contribution in [-0.2, 0) is 19.1 Å². The van der Waals surface area contributed by atoms with Crippen molar-refractivity contribution in [3.63, 3.8) is 0 Å². The smallest absolute Gasteiger partial charge is 0.341 e. The molecule has 0 saturated heterocycles. The van der Waals surface area contributed by atoms with Crippen LogP contribution in [0.2, 0.25) is 0 Å². The van der Waals surface area contributed by atoms with E-state index >= 15 is 0 Å². The molecule has 0 radical (unpaired) electrons. The Balaban J connectivity index is 2.39. The number of carbonyl (C=O) groups excluding carboxylic acids is 2. The summed E-state index contributed by atoms with van der Waals surface area (Å²) in [5.74, 6) is -3.23. The second kappa shape index (κ2) is 8.73. The van der Waals surface area contributed by atoms with Gasteiger partial charge in [0.15, 0.2) is 5.92 Å². The van der Waals surface area contributed by atoms with Crippen LogP contribution in [0, 0.1) is 6.92 Å². The lowest BCUT2D eigenvalue weighted by Gasteiger charge is -2.18. The minimum Gasteiger partial charge on any atom is -0.465 e. The van der Waals surface area contributed by atoms with Crippen molar-refractivity contribution in [2.24, 2.45) is 0 Å². The molecule has 0 unspecified atom stereocenters. The molecule has 0 aliphatic rings. The topological polar surface area (TPSA) is 82.8 Å². The van der Waals surface area contributed by atoms with Crippen LogP contribution >= 0.6 is 0 Å². The van der Waals surface area contributed by atoms with Crippen LogP contribution in [0.4, 0.5) is 0 Å². The molecule has 3 aromatic rings. The van der Waals surface area contributed by atoms with Gasteiger partial charge >= 0.3 is 17.6 Å². The molecule has 0 atom stereocenters. The van der Waals surface area contributed by atoms with Crippen molar-refractivity contribution in [2.45, 2.75) is 26.7 Å². The molecule has 0 N–H and O–H groups in total. The van der Waals surface area contributed by atoms with Gasteiger partial charge in [-0.25, -0.2) is 4.79 Å². The summed E-state index contributed by atoms with van der Waals surface area (Å²) in [7, 11) is 0. The zero-order valence-electron chi connectivity index (χ0n) is 16.6. The molecule has 0 bridgehead atoms. The number of esters is 2. The number of benzene rings is 2. The summed E-state index contributed by atoms with van der Waals surface area (Å²) in [6, 6.07) is 14.5. The maximum absolute atomic E-state index is 13.0. The van der Waals surface area contributed by atoms with Gasteiger partial charge in [0.25, 0.3) is 0 Å². The Bertz CT molecular complexity index is 1080. The zero-order chi connectivity index (χ0) is 21.0. The standard InChI is InChI=1S/C23H22O6/c1-4-27-21(24)20(22(25)28-5-2)19-18(15-9-7-6-8-10-15)16-12-11-14(3)13-17(16)29-23(19)26/h6-13,20H,4-5H2,1-3H3. The van der Waals surface area contributed by atoms with Gasteiger partial charge < -0.3 is 13.9 Å². The summed E-state index contributed by atoms with van der Waals surface area (Å²) >= 11 is 0. The zero-order valence-corrected chi connectivity index (χ0v) is 16.6. The van der Waals surface area contributed by atoms with E-state index in [4.69, 9.17) is 13.9 Å². The maximum atomic E-state index is 13.0. The molecule has 0 saturated carbocycles. The highest BCUT2D eigenvalue weighted by Crippen LogP contribution is 2.35. The Morgan fingerprint density at radius 3 is 2.17 bits per heavy atom. The third-order valence-corrected chi connectivity index (χ3v) is 4.49. The van der Waals surface area contributed by atoms with Gasteiger partial charge in [0.2, 0.25) is 0 Å². The number of carbonyl (C=O) groups is 2. The molecule has 0 spiro atoms. The van der Waals surface area contributed by atoms with Crippen molar-refractivity contribution in [2.75, 3.05) is 13.2 Å². The van der Waals surface area contributed by atoms with Crippen LogP contribution in [0.25, 0.3) is 22.1 Å². The summed E-state index contributed by atoms with van der Waals surface area (Å²) in [4.78, 5) is 38.4. The molecule has 0 fully saturated rings. The molecule has 29 heavy (non-hydrogen) atoms. The fraction of sp³-hybridized carbons (Fsp3) is 0.261.